The molecule has 3 rings (SSSR count). The van der Waals surface area contributed by atoms with Crippen molar-refractivity contribution in [3.63, 3.8) is 0 Å². The van der Waals surface area contributed by atoms with Gasteiger partial charge in [-0.1, -0.05) is 12.1 Å². The summed E-state index contributed by atoms with van der Waals surface area (Å²) in [5, 5.41) is 4.68. The lowest BCUT2D eigenvalue weighted by molar-refractivity contribution is -0.131. The van der Waals surface area contributed by atoms with E-state index in [-0.39, 0.29) is 18.2 Å². The van der Waals surface area contributed by atoms with E-state index in [1.54, 1.807) is 12.0 Å². The molecule has 2 heterocycles. The van der Waals surface area contributed by atoms with E-state index < -0.39 is 12.1 Å². The van der Waals surface area contributed by atoms with Crippen LogP contribution in [0.3, 0.4) is 0 Å². The first-order chi connectivity index (χ1) is 12.1. The van der Waals surface area contributed by atoms with Crippen LogP contribution in [0.5, 0.6) is 5.75 Å². The molecule has 4 amide bonds. The maximum atomic E-state index is 12.3. The molecule has 2 fully saturated rings. The van der Waals surface area contributed by atoms with Crippen molar-refractivity contribution < 1.29 is 19.1 Å². The van der Waals surface area contributed by atoms with Crippen LogP contribution in [0.15, 0.2) is 24.3 Å². The number of ether oxygens (including phenoxy) is 1. The van der Waals surface area contributed by atoms with Crippen LogP contribution in [0.1, 0.15) is 12.8 Å². The van der Waals surface area contributed by atoms with Crippen molar-refractivity contribution >= 4 is 23.5 Å². The molecule has 1 aromatic rings. The minimum atomic E-state index is -0.605. The highest BCUT2D eigenvalue weighted by atomic mass is 16.5. The van der Waals surface area contributed by atoms with E-state index >= 15 is 0 Å². The number of hydrogen-bond donors (Lipinski definition) is 2. The van der Waals surface area contributed by atoms with Crippen LogP contribution in [-0.4, -0.2) is 62.1 Å². The summed E-state index contributed by atoms with van der Waals surface area (Å²) in [5.74, 6) is 0.470. The number of imide groups is 1. The smallest absolute Gasteiger partial charge is 0.322 e. The number of carbonyl (C=O) groups is 3. The van der Waals surface area contributed by atoms with Crippen LogP contribution in [0.2, 0.25) is 0 Å². The Bertz CT molecular complexity index is 670. The molecular formula is C17H22N4O4. The van der Waals surface area contributed by atoms with E-state index in [4.69, 9.17) is 4.74 Å². The number of benzene rings is 1. The molecule has 0 saturated carbocycles. The van der Waals surface area contributed by atoms with Crippen molar-refractivity contribution in [2.75, 3.05) is 38.2 Å². The van der Waals surface area contributed by atoms with Gasteiger partial charge in [-0.25, -0.2) is 4.79 Å². The van der Waals surface area contributed by atoms with Gasteiger partial charge in [-0.05, 0) is 18.6 Å². The molecule has 1 aromatic carbocycles. The van der Waals surface area contributed by atoms with Crippen LogP contribution < -0.4 is 20.3 Å². The van der Waals surface area contributed by atoms with Gasteiger partial charge in [0.2, 0.25) is 5.91 Å². The minimum absolute atomic E-state index is 0.00799. The van der Waals surface area contributed by atoms with E-state index in [1.807, 2.05) is 24.3 Å². The Labute approximate surface area is 146 Å². The summed E-state index contributed by atoms with van der Waals surface area (Å²) in [6.07, 6.45) is 0.566. The highest BCUT2D eigenvalue weighted by molar-refractivity contribution is 6.04. The SMILES string of the molecule is COc1ccccc1N1CCN(C(=O)CC[C@@H]2NC(=O)NC2=O)CC1. The fraction of sp³-hybridized carbons (Fsp3) is 0.471. The summed E-state index contributed by atoms with van der Waals surface area (Å²) < 4.78 is 5.39. The van der Waals surface area contributed by atoms with Gasteiger partial charge in [0, 0.05) is 32.6 Å². The Balaban J connectivity index is 1.49. The van der Waals surface area contributed by atoms with Crippen molar-refractivity contribution in [1.82, 2.24) is 15.5 Å². The number of rotatable bonds is 5. The van der Waals surface area contributed by atoms with Gasteiger partial charge in [0.1, 0.15) is 11.8 Å². The normalized spacial score (nSPS) is 20.3. The van der Waals surface area contributed by atoms with Crippen molar-refractivity contribution in [3.8, 4) is 5.75 Å². The van der Waals surface area contributed by atoms with E-state index in [1.165, 1.54) is 0 Å². The molecule has 2 aliphatic heterocycles. The van der Waals surface area contributed by atoms with Gasteiger partial charge < -0.3 is 19.9 Å². The van der Waals surface area contributed by atoms with Crippen LogP contribution in [0.25, 0.3) is 0 Å². The van der Waals surface area contributed by atoms with Gasteiger partial charge in [-0.3, -0.25) is 14.9 Å². The van der Waals surface area contributed by atoms with Gasteiger partial charge in [0.25, 0.3) is 5.91 Å². The summed E-state index contributed by atoms with van der Waals surface area (Å²) >= 11 is 0. The zero-order chi connectivity index (χ0) is 17.8. The summed E-state index contributed by atoms with van der Waals surface area (Å²) in [6, 6.07) is 6.74. The molecule has 2 saturated heterocycles. The summed E-state index contributed by atoms with van der Waals surface area (Å²) in [6.45, 7) is 2.71. The zero-order valence-electron chi connectivity index (χ0n) is 14.2. The molecule has 0 spiro atoms. The van der Waals surface area contributed by atoms with Gasteiger partial charge >= 0.3 is 6.03 Å². The van der Waals surface area contributed by atoms with Crippen LogP contribution in [-0.2, 0) is 9.59 Å². The first kappa shape index (κ1) is 17.1. The van der Waals surface area contributed by atoms with Crippen LogP contribution >= 0.6 is 0 Å². The number of carbonyl (C=O) groups excluding carboxylic acids is 3. The molecule has 1 atom stereocenters. The number of nitrogens with zero attached hydrogens (tertiary/aromatic N) is 2. The Morgan fingerprint density at radius 1 is 1.20 bits per heavy atom. The molecular weight excluding hydrogens is 324 g/mol. The average Bonchev–Trinajstić information content (AvgIpc) is 2.97. The lowest BCUT2D eigenvalue weighted by Gasteiger charge is -2.36. The van der Waals surface area contributed by atoms with Crippen molar-refractivity contribution in [3.05, 3.63) is 24.3 Å². The standard InChI is InChI=1S/C17H22N4O4/c1-25-14-5-3-2-4-13(14)20-8-10-21(11-9-20)15(22)7-6-12-16(23)19-17(24)18-12/h2-5,12H,6-11H2,1H3,(H2,18,19,23,24)/t12-/m0/s1. The fourth-order valence-electron chi connectivity index (χ4n) is 3.18. The Morgan fingerprint density at radius 3 is 2.56 bits per heavy atom. The van der Waals surface area contributed by atoms with Gasteiger partial charge in [-0.2, -0.15) is 0 Å². The Morgan fingerprint density at radius 2 is 1.92 bits per heavy atom. The number of nitrogens with one attached hydrogen (secondary N) is 2. The highest BCUT2D eigenvalue weighted by Gasteiger charge is 2.30. The maximum absolute atomic E-state index is 12.3. The molecule has 0 unspecified atom stereocenters. The van der Waals surface area contributed by atoms with E-state index in [0.717, 1.165) is 24.5 Å². The van der Waals surface area contributed by atoms with Gasteiger partial charge in [0.05, 0.1) is 12.8 Å². The number of para-hydroxylation sites is 2. The lowest BCUT2D eigenvalue weighted by Crippen LogP contribution is -2.49. The molecule has 8 heteroatoms. The maximum Gasteiger partial charge on any atom is 0.322 e. The molecule has 8 nitrogen and oxygen atoms in total. The molecule has 0 aromatic heterocycles. The second-order valence-electron chi connectivity index (χ2n) is 6.09. The number of piperazine rings is 1. The molecule has 0 radical (unpaired) electrons. The third kappa shape index (κ3) is 3.84. The van der Waals surface area contributed by atoms with Crippen LogP contribution in [0, 0.1) is 0 Å². The fourth-order valence-corrected chi connectivity index (χ4v) is 3.18. The lowest BCUT2D eigenvalue weighted by atomic mass is 10.1. The zero-order valence-corrected chi connectivity index (χ0v) is 14.2. The predicted molar refractivity (Wildman–Crippen MR) is 91.5 cm³/mol. The predicted octanol–water partition coefficient (Wildman–Crippen LogP) is 0.332. The van der Waals surface area contributed by atoms with E-state index in [0.29, 0.717) is 19.5 Å². The van der Waals surface area contributed by atoms with Crippen molar-refractivity contribution in [2.45, 2.75) is 18.9 Å². The first-order valence-corrected chi connectivity index (χ1v) is 8.35. The molecule has 2 aliphatic rings. The van der Waals surface area contributed by atoms with Gasteiger partial charge in [-0.15, -0.1) is 0 Å². The molecule has 0 aliphatic carbocycles. The third-order valence-corrected chi connectivity index (χ3v) is 4.56. The van der Waals surface area contributed by atoms with E-state index in [9.17, 15) is 14.4 Å². The largest absolute Gasteiger partial charge is 0.495 e. The van der Waals surface area contributed by atoms with E-state index in [2.05, 4.69) is 15.5 Å². The summed E-state index contributed by atoms with van der Waals surface area (Å²) in [5.41, 5.74) is 1.03. The van der Waals surface area contributed by atoms with Crippen LogP contribution in [0.4, 0.5) is 10.5 Å². The molecule has 25 heavy (non-hydrogen) atoms. The quantitative estimate of drug-likeness (QED) is 0.750. The third-order valence-electron chi connectivity index (χ3n) is 4.56. The highest BCUT2D eigenvalue weighted by Crippen LogP contribution is 2.28. The second kappa shape index (κ2) is 7.42. The monoisotopic (exact) mass is 346 g/mol. The summed E-state index contributed by atoms with van der Waals surface area (Å²) in [4.78, 5) is 38.9. The van der Waals surface area contributed by atoms with Crippen molar-refractivity contribution in [1.29, 1.82) is 0 Å². The molecule has 134 valence electrons. The number of amides is 4. The number of methoxy groups -OCH3 is 1. The average molecular weight is 346 g/mol. The topological polar surface area (TPSA) is 91.0 Å². The first-order valence-electron chi connectivity index (χ1n) is 8.35. The van der Waals surface area contributed by atoms with Gasteiger partial charge in [0.15, 0.2) is 0 Å². The number of urea groups is 1. The number of hydrogen-bond acceptors (Lipinski definition) is 5. The number of anilines is 1. The Hall–Kier alpha value is -2.77. The summed E-state index contributed by atoms with van der Waals surface area (Å²) in [7, 11) is 1.65. The minimum Gasteiger partial charge on any atom is -0.495 e. The Kier molecular flexibility index (Phi) is 5.06. The van der Waals surface area contributed by atoms with Crippen molar-refractivity contribution in [2.24, 2.45) is 0 Å². The molecule has 0 bridgehead atoms. The second-order valence-corrected chi connectivity index (χ2v) is 6.09. The molecule has 2 N–H and O–H groups in total.